The van der Waals surface area contributed by atoms with E-state index in [1.807, 2.05) is 49.4 Å². The van der Waals surface area contributed by atoms with E-state index in [1.165, 1.54) is 11.1 Å². The first-order valence-corrected chi connectivity index (χ1v) is 11.5. The van der Waals surface area contributed by atoms with Gasteiger partial charge in [0.1, 0.15) is 12.4 Å². The topological polar surface area (TPSA) is 47.9 Å². The molecule has 0 aliphatic carbocycles. The molecular weight excluding hydrogens is 410 g/mol. The van der Waals surface area contributed by atoms with Gasteiger partial charge < -0.3 is 9.57 Å². The molecule has 0 amide bonds. The average molecular weight is 444 g/mol. The highest BCUT2D eigenvalue weighted by Crippen LogP contribution is 2.25. The van der Waals surface area contributed by atoms with Crippen LogP contribution in [0.25, 0.3) is 0 Å². The van der Waals surface area contributed by atoms with Crippen molar-refractivity contribution in [3.8, 4) is 5.75 Å². The predicted molar refractivity (Wildman–Crippen MR) is 134 cm³/mol. The minimum absolute atomic E-state index is 0.00727. The molecule has 0 saturated heterocycles. The molecule has 4 heteroatoms. The number of ether oxygens (including phenoxy) is 1. The third-order valence-electron chi connectivity index (χ3n) is 5.62. The Morgan fingerprint density at radius 1 is 0.848 bits per heavy atom. The number of carbonyl (C=O) groups excluding carboxylic acids is 1. The van der Waals surface area contributed by atoms with Gasteiger partial charge in [0.25, 0.3) is 0 Å². The maximum atomic E-state index is 12.2. The molecule has 0 unspecified atom stereocenters. The first-order valence-electron chi connectivity index (χ1n) is 11.5. The van der Waals surface area contributed by atoms with Crippen molar-refractivity contribution in [3.05, 3.63) is 101 Å². The molecule has 3 rings (SSSR count). The fourth-order valence-corrected chi connectivity index (χ4v) is 3.54. The second kappa shape index (κ2) is 11.5. The highest BCUT2D eigenvalue weighted by Gasteiger charge is 2.11. The van der Waals surface area contributed by atoms with Crippen molar-refractivity contribution in [1.82, 2.24) is 0 Å². The highest BCUT2D eigenvalue weighted by molar-refractivity contribution is 5.98. The van der Waals surface area contributed by atoms with E-state index < -0.39 is 0 Å². The fourth-order valence-electron chi connectivity index (χ4n) is 3.54. The lowest BCUT2D eigenvalue weighted by Crippen LogP contribution is -2.11. The van der Waals surface area contributed by atoms with Gasteiger partial charge in [0.2, 0.25) is 0 Å². The summed E-state index contributed by atoms with van der Waals surface area (Å²) in [5, 5.41) is 4.31. The monoisotopic (exact) mass is 443 g/mol. The molecule has 3 aromatic rings. The standard InChI is InChI=1S/C29H33NO3/c1-20(2)25-11-12-26(28(17-25)21(3)4)18-33-30-22(5)23-13-15-27(16-14-23)32-19-29(31)24-9-7-6-8-10-24/h6-17,20-21H,18-19H2,1-5H3. The van der Waals surface area contributed by atoms with Crippen LogP contribution in [0.3, 0.4) is 0 Å². The largest absolute Gasteiger partial charge is 0.485 e. The number of nitrogens with zero attached hydrogens (tertiary/aromatic N) is 1. The fraction of sp³-hybridized carbons (Fsp3) is 0.310. The van der Waals surface area contributed by atoms with Crippen LogP contribution in [-0.4, -0.2) is 18.1 Å². The SMILES string of the molecule is CC(=NOCc1ccc(C(C)C)cc1C(C)C)c1ccc(OCC(=O)c2ccccc2)cc1. The zero-order valence-electron chi connectivity index (χ0n) is 20.2. The van der Waals surface area contributed by atoms with Gasteiger partial charge in [-0.1, -0.05) is 81.4 Å². The van der Waals surface area contributed by atoms with Gasteiger partial charge in [-0.25, -0.2) is 0 Å². The van der Waals surface area contributed by atoms with Crippen molar-refractivity contribution >= 4 is 11.5 Å². The van der Waals surface area contributed by atoms with Crippen molar-refractivity contribution in [3.63, 3.8) is 0 Å². The zero-order valence-corrected chi connectivity index (χ0v) is 20.2. The van der Waals surface area contributed by atoms with Gasteiger partial charge in [0.15, 0.2) is 12.4 Å². The maximum Gasteiger partial charge on any atom is 0.200 e. The van der Waals surface area contributed by atoms with Crippen LogP contribution in [0.4, 0.5) is 0 Å². The van der Waals surface area contributed by atoms with E-state index in [2.05, 4.69) is 51.0 Å². The second-order valence-electron chi connectivity index (χ2n) is 8.82. The first kappa shape index (κ1) is 24.2. The Morgan fingerprint density at radius 2 is 1.55 bits per heavy atom. The van der Waals surface area contributed by atoms with Crippen molar-refractivity contribution in [2.24, 2.45) is 5.16 Å². The number of oxime groups is 1. The number of Topliss-reactive ketones (excluding diaryl/α,β-unsaturated/α-hetero) is 1. The quantitative estimate of drug-likeness (QED) is 0.190. The Kier molecular flexibility index (Phi) is 8.42. The lowest BCUT2D eigenvalue weighted by molar-refractivity contribution is 0.0921. The molecular formula is C29H33NO3. The average Bonchev–Trinajstić information content (AvgIpc) is 2.83. The summed E-state index contributed by atoms with van der Waals surface area (Å²) in [6, 6.07) is 23.3. The van der Waals surface area contributed by atoms with Crippen molar-refractivity contribution in [2.45, 2.75) is 53.1 Å². The van der Waals surface area contributed by atoms with Gasteiger partial charge in [-0.3, -0.25) is 4.79 Å². The summed E-state index contributed by atoms with van der Waals surface area (Å²) in [4.78, 5) is 17.9. The molecule has 0 spiro atoms. The Labute approximate surface area is 197 Å². The molecule has 0 aliphatic rings. The molecule has 0 aliphatic heterocycles. The minimum atomic E-state index is -0.0481. The Hall–Kier alpha value is -3.40. The summed E-state index contributed by atoms with van der Waals surface area (Å²) in [6.45, 7) is 11.2. The van der Waals surface area contributed by atoms with Crippen LogP contribution in [0.1, 0.15) is 79.1 Å². The number of hydrogen-bond donors (Lipinski definition) is 0. The van der Waals surface area contributed by atoms with E-state index in [-0.39, 0.29) is 12.4 Å². The minimum Gasteiger partial charge on any atom is -0.485 e. The lowest BCUT2D eigenvalue weighted by atomic mass is 9.92. The molecule has 0 aromatic heterocycles. The second-order valence-corrected chi connectivity index (χ2v) is 8.82. The molecule has 0 heterocycles. The van der Waals surface area contributed by atoms with E-state index >= 15 is 0 Å². The van der Waals surface area contributed by atoms with Crippen LogP contribution in [0.5, 0.6) is 5.75 Å². The van der Waals surface area contributed by atoms with Crippen LogP contribution >= 0.6 is 0 Å². The van der Waals surface area contributed by atoms with Gasteiger partial charge in [0, 0.05) is 5.56 Å². The van der Waals surface area contributed by atoms with E-state index in [4.69, 9.17) is 9.57 Å². The van der Waals surface area contributed by atoms with E-state index in [1.54, 1.807) is 12.1 Å². The lowest BCUT2D eigenvalue weighted by Gasteiger charge is -2.16. The number of benzene rings is 3. The molecule has 33 heavy (non-hydrogen) atoms. The van der Waals surface area contributed by atoms with E-state index in [0.717, 1.165) is 16.8 Å². The predicted octanol–water partition coefficient (Wildman–Crippen LogP) is 7.14. The number of ketones is 1. The number of rotatable bonds is 10. The zero-order chi connectivity index (χ0) is 23.8. The Morgan fingerprint density at radius 3 is 2.18 bits per heavy atom. The third-order valence-corrected chi connectivity index (χ3v) is 5.62. The van der Waals surface area contributed by atoms with Gasteiger partial charge in [-0.05, 0) is 65.3 Å². The van der Waals surface area contributed by atoms with Gasteiger partial charge >= 0.3 is 0 Å². The summed E-state index contributed by atoms with van der Waals surface area (Å²) in [6.07, 6.45) is 0. The summed E-state index contributed by atoms with van der Waals surface area (Å²) in [5.74, 6) is 1.52. The summed E-state index contributed by atoms with van der Waals surface area (Å²) in [5.41, 5.74) is 6.18. The molecule has 0 fully saturated rings. The number of carbonyl (C=O) groups is 1. The summed E-state index contributed by atoms with van der Waals surface area (Å²) in [7, 11) is 0. The van der Waals surface area contributed by atoms with Crippen molar-refractivity contribution in [1.29, 1.82) is 0 Å². The molecule has 0 bridgehead atoms. The van der Waals surface area contributed by atoms with Crippen molar-refractivity contribution in [2.75, 3.05) is 6.61 Å². The van der Waals surface area contributed by atoms with E-state index in [0.29, 0.717) is 29.8 Å². The molecule has 0 N–H and O–H groups in total. The van der Waals surface area contributed by atoms with Crippen LogP contribution in [0, 0.1) is 0 Å². The third kappa shape index (κ3) is 6.79. The number of hydrogen-bond acceptors (Lipinski definition) is 4. The molecule has 0 saturated carbocycles. The van der Waals surface area contributed by atoms with Gasteiger partial charge in [0.05, 0.1) is 5.71 Å². The molecule has 0 atom stereocenters. The molecule has 0 radical (unpaired) electrons. The first-order chi connectivity index (χ1) is 15.8. The normalized spacial score (nSPS) is 11.7. The van der Waals surface area contributed by atoms with Crippen LogP contribution in [0.15, 0.2) is 78.0 Å². The Bertz CT molecular complexity index is 1080. The molecule has 4 nitrogen and oxygen atoms in total. The smallest absolute Gasteiger partial charge is 0.200 e. The van der Waals surface area contributed by atoms with Crippen LogP contribution in [0.2, 0.25) is 0 Å². The maximum absolute atomic E-state index is 12.2. The van der Waals surface area contributed by atoms with Crippen LogP contribution in [-0.2, 0) is 11.4 Å². The Balaban J connectivity index is 1.57. The van der Waals surface area contributed by atoms with Crippen molar-refractivity contribution < 1.29 is 14.4 Å². The summed E-state index contributed by atoms with van der Waals surface area (Å²) < 4.78 is 5.64. The van der Waals surface area contributed by atoms with Gasteiger partial charge in [-0.2, -0.15) is 0 Å². The molecule has 172 valence electrons. The highest BCUT2D eigenvalue weighted by atomic mass is 16.6. The van der Waals surface area contributed by atoms with E-state index in [9.17, 15) is 4.79 Å². The van der Waals surface area contributed by atoms with Gasteiger partial charge in [-0.15, -0.1) is 0 Å². The van der Waals surface area contributed by atoms with Crippen LogP contribution < -0.4 is 4.74 Å². The molecule has 3 aromatic carbocycles. The summed E-state index contributed by atoms with van der Waals surface area (Å²) >= 11 is 0.